The van der Waals surface area contributed by atoms with Crippen molar-refractivity contribution in [2.75, 3.05) is 13.7 Å². The van der Waals surface area contributed by atoms with Crippen molar-refractivity contribution in [2.24, 2.45) is 0 Å². The summed E-state index contributed by atoms with van der Waals surface area (Å²) in [4.78, 5) is 13.4. The fraction of sp³-hybridized carbons (Fsp3) is 0.462. The van der Waals surface area contributed by atoms with Crippen molar-refractivity contribution < 1.29 is 9.53 Å². The second-order valence-corrected chi connectivity index (χ2v) is 5.12. The van der Waals surface area contributed by atoms with Crippen molar-refractivity contribution in [3.05, 3.63) is 33.8 Å². The Morgan fingerprint density at radius 1 is 1.59 bits per heavy atom. The molecule has 0 heterocycles. The molecular formula is C13H16BrNO2. The number of ether oxygens (including phenoxy) is 1. The molecule has 0 saturated heterocycles. The first-order valence-corrected chi connectivity index (χ1v) is 6.60. The Hall–Kier alpha value is -1.03. The molecule has 0 aromatic heterocycles. The molecule has 0 radical (unpaired) electrons. The molecule has 1 aromatic carbocycles. The summed E-state index contributed by atoms with van der Waals surface area (Å²) in [6, 6.07) is 6.41. The van der Waals surface area contributed by atoms with Gasteiger partial charge in [-0.15, -0.1) is 0 Å². The van der Waals surface area contributed by atoms with Gasteiger partial charge in [-0.1, -0.05) is 22.0 Å². The van der Waals surface area contributed by atoms with Gasteiger partial charge in [-0.2, -0.15) is 0 Å². The zero-order valence-electron chi connectivity index (χ0n) is 10.1. The van der Waals surface area contributed by atoms with Crippen molar-refractivity contribution in [1.29, 1.82) is 0 Å². The highest BCUT2D eigenvalue weighted by Crippen LogP contribution is 2.36. The number of benzene rings is 1. The zero-order chi connectivity index (χ0) is 12.4. The molecule has 4 heteroatoms. The summed E-state index contributed by atoms with van der Waals surface area (Å²) in [5.74, 6) is 0. The van der Waals surface area contributed by atoms with E-state index in [2.05, 4.69) is 28.1 Å². The first-order chi connectivity index (χ1) is 8.13. The predicted octanol–water partition coefficient (Wildman–Crippen LogP) is 3.52. The van der Waals surface area contributed by atoms with Crippen molar-refractivity contribution in [3.8, 4) is 0 Å². The number of nitrogens with zero attached hydrogens (tertiary/aromatic N) is 1. The second-order valence-electron chi connectivity index (χ2n) is 4.21. The molecule has 92 valence electrons. The van der Waals surface area contributed by atoms with Crippen LogP contribution in [0.15, 0.2) is 22.7 Å². The number of fused-ring (bicyclic) bond motifs is 1. The molecule has 3 nitrogen and oxygen atoms in total. The van der Waals surface area contributed by atoms with Crippen LogP contribution in [0, 0.1) is 0 Å². The summed E-state index contributed by atoms with van der Waals surface area (Å²) in [6.07, 6.45) is 1.75. The van der Waals surface area contributed by atoms with E-state index in [-0.39, 0.29) is 12.1 Å². The number of carbonyl (C=O) groups excluding carboxylic acids is 1. The van der Waals surface area contributed by atoms with Gasteiger partial charge in [0.1, 0.15) is 0 Å². The molecule has 1 aliphatic rings. The average molecular weight is 298 g/mol. The normalized spacial score (nSPS) is 17.7. The SMILES string of the molecule is CCOC(=O)N(C)C1CCc2ccc(Br)cc21. The van der Waals surface area contributed by atoms with E-state index in [0.29, 0.717) is 6.61 Å². The van der Waals surface area contributed by atoms with Crippen LogP contribution in [0.2, 0.25) is 0 Å². The minimum Gasteiger partial charge on any atom is -0.450 e. The Kier molecular flexibility index (Phi) is 3.72. The van der Waals surface area contributed by atoms with Gasteiger partial charge in [0.2, 0.25) is 0 Å². The molecule has 0 saturated carbocycles. The molecule has 0 fully saturated rings. The van der Waals surface area contributed by atoms with Crippen LogP contribution in [0.3, 0.4) is 0 Å². The fourth-order valence-electron chi connectivity index (χ4n) is 2.31. The van der Waals surface area contributed by atoms with Crippen LogP contribution in [0.1, 0.15) is 30.5 Å². The van der Waals surface area contributed by atoms with Gasteiger partial charge in [-0.3, -0.25) is 0 Å². The lowest BCUT2D eigenvalue weighted by atomic mass is 10.1. The Morgan fingerprint density at radius 3 is 3.06 bits per heavy atom. The average Bonchev–Trinajstić information content (AvgIpc) is 2.71. The standard InChI is InChI=1S/C13H16BrNO2/c1-3-17-13(16)15(2)12-7-5-9-4-6-10(14)8-11(9)12/h4,6,8,12H,3,5,7H2,1-2H3. The molecule has 17 heavy (non-hydrogen) atoms. The number of aryl methyl sites for hydroxylation is 1. The molecule has 0 bridgehead atoms. The van der Waals surface area contributed by atoms with E-state index in [0.717, 1.165) is 17.3 Å². The van der Waals surface area contributed by atoms with E-state index in [9.17, 15) is 4.79 Å². The Labute approximate surface area is 110 Å². The largest absolute Gasteiger partial charge is 0.450 e. The third-order valence-electron chi connectivity index (χ3n) is 3.18. The number of hydrogen-bond donors (Lipinski definition) is 0. The maximum atomic E-state index is 11.7. The highest BCUT2D eigenvalue weighted by Gasteiger charge is 2.29. The third-order valence-corrected chi connectivity index (χ3v) is 3.67. The van der Waals surface area contributed by atoms with Crippen LogP contribution < -0.4 is 0 Å². The predicted molar refractivity (Wildman–Crippen MR) is 70.0 cm³/mol. The lowest BCUT2D eigenvalue weighted by Crippen LogP contribution is -2.30. The van der Waals surface area contributed by atoms with E-state index in [1.54, 1.807) is 11.9 Å². The quantitative estimate of drug-likeness (QED) is 0.836. The summed E-state index contributed by atoms with van der Waals surface area (Å²) >= 11 is 3.47. The number of halogens is 1. The lowest BCUT2D eigenvalue weighted by Gasteiger charge is -2.24. The summed E-state index contributed by atoms with van der Waals surface area (Å²) in [5, 5.41) is 0. The lowest BCUT2D eigenvalue weighted by molar-refractivity contribution is 0.101. The van der Waals surface area contributed by atoms with E-state index in [4.69, 9.17) is 4.74 Å². The molecule has 1 aliphatic carbocycles. The molecule has 0 spiro atoms. The first kappa shape index (κ1) is 12.4. The molecule has 1 amide bonds. The van der Waals surface area contributed by atoms with E-state index in [1.165, 1.54) is 11.1 Å². The van der Waals surface area contributed by atoms with Crippen LogP contribution in [0.5, 0.6) is 0 Å². The van der Waals surface area contributed by atoms with E-state index in [1.807, 2.05) is 13.0 Å². The van der Waals surface area contributed by atoms with Gasteiger partial charge in [-0.05, 0) is 43.0 Å². The number of amides is 1. The molecule has 2 rings (SSSR count). The van der Waals surface area contributed by atoms with Crippen molar-refractivity contribution in [2.45, 2.75) is 25.8 Å². The van der Waals surface area contributed by atoms with Crippen LogP contribution >= 0.6 is 15.9 Å². The van der Waals surface area contributed by atoms with Crippen molar-refractivity contribution in [3.63, 3.8) is 0 Å². The highest BCUT2D eigenvalue weighted by atomic mass is 79.9. The molecule has 0 N–H and O–H groups in total. The second kappa shape index (κ2) is 5.08. The van der Waals surface area contributed by atoms with Gasteiger partial charge < -0.3 is 9.64 Å². The fourth-order valence-corrected chi connectivity index (χ4v) is 2.68. The zero-order valence-corrected chi connectivity index (χ0v) is 11.7. The smallest absolute Gasteiger partial charge is 0.410 e. The maximum Gasteiger partial charge on any atom is 0.410 e. The van der Waals surface area contributed by atoms with Crippen LogP contribution in [-0.4, -0.2) is 24.6 Å². The topological polar surface area (TPSA) is 29.5 Å². The van der Waals surface area contributed by atoms with Crippen LogP contribution in [-0.2, 0) is 11.2 Å². The summed E-state index contributed by atoms with van der Waals surface area (Å²) in [7, 11) is 1.80. The minimum absolute atomic E-state index is 0.140. The molecular weight excluding hydrogens is 282 g/mol. The van der Waals surface area contributed by atoms with Gasteiger partial charge in [0.05, 0.1) is 12.6 Å². The van der Waals surface area contributed by atoms with Crippen LogP contribution in [0.4, 0.5) is 4.79 Å². The number of carbonyl (C=O) groups is 1. The monoisotopic (exact) mass is 297 g/mol. The minimum atomic E-state index is -0.245. The third kappa shape index (κ3) is 2.46. The van der Waals surface area contributed by atoms with Gasteiger partial charge in [-0.25, -0.2) is 4.79 Å². The highest BCUT2D eigenvalue weighted by molar-refractivity contribution is 9.10. The van der Waals surface area contributed by atoms with E-state index >= 15 is 0 Å². The van der Waals surface area contributed by atoms with Gasteiger partial charge >= 0.3 is 6.09 Å². The Bertz CT molecular complexity index is 433. The molecule has 1 atom stereocenters. The van der Waals surface area contributed by atoms with Crippen molar-refractivity contribution in [1.82, 2.24) is 4.90 Å². The summed E-state index contributed by atoms with van der Waals surface area (Å²) in [5.41, 5.74) is 2.56. The van der Waals surface area contributed by atoms with Crippen molar-refractivity contribution >= 4 is 22.0 Å². The van der Waals surface area contributed by atoms with Gasteiger partial charge in [0.25, 0.3) is 0 Å². The summed E-state index contributed by atoms with van der Waals surface area (Å²) in [6.45, 7) is 2.24. The Balaban J connectivity index is 2.21. The van der Waals surface area contributed by atoms with Gasteiger partial charge in [0.15, 0.2) is 0 Å². The molecule has 1 aromatic rings. The number of rotatable bonds is 2. The Morgan fingerprint density at radius 2 is 2.35 bits per heavy atom. The first-order valence-electron chi connectivity index (χ1n) is 5.81. The number of hydrogen-bond acceptors (Lipinski definition) is 2. The molecule has 1 unspecified atom stereocenters. The molecule has 0 aliphatic heterocycles. The summed E-state index contributed by atoms with van der Waals surface area (Å²) < 4.78 is 6.09. The van der Waals surface area contributed by atoms with Gasteiger partial charge in [0, 0.05) is 11.5 Å². The maximum absolute atomic E-state index is 11.7. The van der Waals surface area contributed by atoms with E-state index < -0.39 is 0 Å². The van der Waals surface area contributed by atoms with Crippen LogP contribution in [0.25, 0.3) is 0 Å².